The van der Waals surface area contributed by atoms with Crippen LogP contribution in [0.5, 0.6) is 0 Å². The highest BCUT2D eigenvalue weighted by atomic mass is 32.2. The third kappa shape index (κ3) is 4.15. The summed E-state index contributed by atoms with van der Waals surface area (Å²) in [6, 6.07) is 0. The molecule has 15 heavy (non-hydrogen) atoms. The molecule has 1 amide bonds. The average molecular weight is 235 g/mol. The molecule has 0 atom stereocenters. The van der Waals surface area contributed by atoms with Crippen molar-refractivity contribution in [2.75, 3.05) is 31.9 Å². The van der Waals surface area contributed by atoms with Crippen LogP contribution in [-0.4, -0.2) is 51.2 Å². The molecule has 0 aromatic heterocycles. The molecular weight excluding hydrogens is 218 g/mol. The number of amides is 1. The molecule has 1 aliphatic heterocycles. The van der Waals surface area contributed by atoms with Gasteiger partial charge < -0.3 is 10.6 Å². The van der Waals surface area contributed by atoms with Gasteiger partial charge in [-0.05, 0) is 12.8 Å². The van der Waals surface area contributed by atoms with Gasteiger partial charge in [0, 0.05) is 19.6 Å². The summed E-state index contributed by atoms with van der Waals surface area (Å²) in [7, 11) is -3.38. The highest BCUT2D eigenvalue weighted by Gasteiger charge is 2.19. The van der Waals surface area contributed by atoms with E-state index in [1.54, 1.807) is 4.90 Å². The molecule has 0 spiro atoms. The van der Waals surface area contributed by atoms with Crippen LogP contribution in [0, 0.1) is 0 Å². The number of hydrogen-bond donors (Lipinski definition) is 2. The molecule has 88 valence electrons. The van der Waals surface area contributed by atoms with Gasteiger partial charge in [-0.15, -0.1) is 0 Å². The fourth-order valence-electron chi connectivity index (χ4n) is 1.48. The van der Waals surface area contributed by atoms with Gasteiger partial charge in [-0.1, -0.05) is 0 Å². The molecule has 1 rings (SSSR count). The molecule has 3 N–H and O–H groups in total. The van der Waals surface area contributed by atoms with Crippen molar-refractivity contribution in [2.24, 2.45) is 5.73 Å². The van der Waals surface area contributed by atoms with E-state index in [-0.39, 0.29) is 24.7 Å². The lowest BCUT2D eigenvalue weighted by Gasteiger charge is -2.15. The van der Waals surface area contributed by atoms with Crippen molar-refractivity contribution in [3.05, 3.63) is 0 Å². The lowest BCUT2D eigenvalue weighted by atomic mass is 10.4. The predicted molar refractivity (Wildman–Crippen MR) is 56.7 cm³/mol. The second-order valence-electron chi connectivity index (χ2n) is 3.52. The molecule has 0 unspecified atom stereocenters. The maximum Gasteiger partial charge on any atom is 0.237 e. The lowest BCUT2D eigenvalue weighted by molar-refractivity contribution is -0.128. The van der Waals surface area contributed by atoms with E-state index in [1.807, 2.05) is 0 Å². The van der Waals surface area contributed by atoms with Crippen LogP contribution in [0.25, 0.3) is 0 Å². The van der Waals surface area contributed by atoms with E-state index in [9.17, 15) is 13.2 Å². The van der Waals surface area contributed by atoms with Crippen molar-refractivity contribution >= 4 is 15.9 Å². The van der Waals surface area contributed by atoms with Crippen LogP contribution in [0.2, 0.25) is 0 Å². The molecule has 1 fully saturated rings. The fourth-order valence-corrected chi connectivity index (χ4v) is 2.28. The fraction of sp³-hybridized carbons (Fsp3) is 0.875. The SMILES string of the molecule is NCCS(=O)(=O)NCC(=O)N1CCCC1. The first kappa shape index (κ1) is 12.4. The van der Waals surface area contributed by atoms with Crippen molar-refractivity contribution in [1.82, 2.24) is 9.62 Å². The van der Waals surface area contributed by atoms with E-state index in [0.29, 0.717) is 0 Å². The van der Waals surface area contributed by atoms with Gasteiger partial charge in [-0.25, -0.2) is 13.1 Å². The summed E-state index contributed by atoms with van der Waals surface area (Å²) in [5.41, 5.74) is 5.13. The van der Waals surface area contributed by atoms with Gasteiger partial charge in [-0.3, -0.25) is 4.79 Å². The summed E-state index contributed by atoms with van der Waals surface area (Å²) in [4.78, 5) is 13.1. The zero-order chi connectivity index (χ0) is 11.3. The first-order chi connectivity index (χ1) is 7.05. The minimum Gasteiger partial charge on any atom is -0.342 e. The van der Waals surface area contributed by atoms with Crippen LogP contribution in [0.1, 0.15) is 12.8 Å². The maximum absolute atomic E-state index is 11.5. The van der Waals surface area contributed by atoms with Gasteiger partial charge in [-0.2, -0.15) is 0 Å². The van der Waals surface area contributed by atoms with Gasteiger partial charge in [0.2, 0.25) is 15.9 Å². The highest BCUT2D eigenvalue weighted by Crippen LogP contribution is 2.06. The Morgan fingerprint density at radius 2 is 1.93 bits per heavy atom. The van der Waals surface area contributed by atoms with Gasteiger partial charge in [0.25, 0.3) is 0 Å². The molecule has 1 saturated heterocycles. The molecule has 0 aromatic carbocycles. The molecule has 1 aliphatic rings. The Hall–Kier alpha value is -0.660. The highest BCUT2D eigenvalue weighted by molar-refractivity contribution is 7.89. The van der Waals surface area contributed by atoms with Gasteiger partial charge in [0.15, 0.2) is 0 Å². The quantitative estimate of drug-likeness (QED) is 0.606. The van der Waals surface area contributed by atoms with Crippen LogP contribution in [0.4, 0.5) is 0 Å². The summed E-state index contributed by atoms with van der Waals surface area (Å²) in [5.74, 6) is -0.298. The molecule has 6 nitrogen and oxygen atoms in total. The van der Waals surface area contributed by atoms with Crippen molar-refractivity contribution < 1.29 is 13.2 Å². The number of sulfonamides is 1. The predicted octanol–water partition coefficient (Wildman–Crippen LogP) is -1.51. The molecule has 1 heterocycles. The molecule has 0 saturated carbocycles. The van der Waals surface area contributed by atoms with Crippen molar-refractivity contribution in [3.63, 3.8) is 0 Å². The first-order valence-corrected chi connectivity index (χ1v) is 6.65. The second-order valence-corrected chi connectivity index (χ2v) is 5.44. The van der Waals surface area contributed by atoms with Crippen LogP contribution in [-0.2, 0) is 14.8 Å². The number of carbonyl (C=O) groups is 1. The number of nitrogens with one attached hydrogen (secondary N) is 1. The Morgan fingerprint density at radius 3 is 2.47 bits per heavy atom. The number of rotatable bonds is 5. The number of likely N-dealkylation sites (tertiary alicyclic amines) is 1. The number of hydrogen-bond acceptors (Lipinski definition) is 4. The topological polar surface area (TPSA) is 92.5 Å². The molecule has 0 radical (unpaired) electrons. The van der Waals surface area contributed by atoms with E-state index in [4.69, 9.17) is 5.73 Å². The molecule has 0 aromatic rings. The van der Waals surface area contributed by atoms with Crippen LogP contribution < -0.4 is 10.5 Å². The third-order valence-corrected chi connectivity index (χ3v) is 3.65. The smallest absolute Gasteiger partial charge is 0.237 e. The first-order valence-electron chi connectivity index (χ1n) is 5.00. The Bertz CT molecular complexity index is 309. The van der Waals surface area contributed by atoms with Crippen molar-refractivity contribution in [1.29, 1.82) is 0 Å². The largest absolute Gasteiger partial charge is 0.342 e. The summed E-state index contributed by atoms with van der Waals surface area (Å²) in [6.07, 6.45) is 2.00. The Morgan fingerprint density at radius 1 is 1.33 bits per heavy atom. The zero-order valence-corrected chi connectivity index (χ0v) is 9.42. The van der Waals surface area contributed by atoms with Gasteiger partial charge in [0.05, 0.1) is 12.3 Å². The number of nitrogens with zero attached hydrogens (tertiary/aromatic N) is 1. The van der Waals surface area contributed by atoms with Crippen LogP contribution in [0.15, 0.2) is 0 Å². The third-order valence-electron chi connectivity index (χ3n) is 2.29. The Balaban J connectivity index is 2.33. The molecule has 0 aliphatic carbocycles. The van der Waals surface area contributed by atoms with E-state index in [1.165, 1.54) is 0 Å². The zero-order valence-electron chi connectivity index (χ0n) is 8.61. The van der Waals surface area contributed by atoms with Crippen molar-refractivity contribution in [2.45, 2.75) is 12.8 Å². The van der Waals surface area contributed by atoms with E-state index in [0.717, 1.165) is 25.9 Å². The summed E-state index contributed by atoms with van der Waals surface area (Å²) in [6.45, 7) is 1.38. The van der Waals surface area contributed by atoms with Crippen molar-refractivity contribution in [3.8, 4) is 0 Å². The molecule has 0 bridgehead atoms. The summed E-state index contributed by atoms with van der Waals surface area (Å²) >= 11 is 0. The molecule has 7 heteroatoms. The minimum absolute atomic E-state index is 0.0627. The van der Waals surface area contributed by atoms with Gasteiger partial charge >= 0.3 is 0 Å². The van der Waals surface area contributed by atoms with Crippen LogP contribution in [0.3, 0.4) is 0 Å². The number of nitrogens with two attached hydrogens (primary N) is 1. The Kier molecular flexibility index (Phi) is 4.49. The normalized spacial score (nSPS) is 17.0. The van der Waals surface area contributed by atoms with Crippen LogP contribution >= 0.6 is 0 Å². The second kappa shape index (κ2) is 5.43. The maximum atomic E-state index is 11.5. The van der Waals surface area contributed by atoms with E-state index >= 15 is 0 Å². The monoisotopic (exact) mass is 235 g/mol. The Labute approximate surface area is 89.9 Å². The average Bonchev–Trinajstić information content (AvgIpc) is 2.67. The lowest BCUT2D eigenvalue weighted by Crippen LogP contribution is -2.40. The summed E-state index contributed by atoms with van der Waals surface area (Å²) in [5, 5.41) is 0. The number of carbonyl (C=O) groups excluding carboxylic acids is 1. The minimum atomic E-state index is -3.38. The van der Waals surface area contributed by atoms with E-state index < -0.39 is 10.0 Å². The molecular formula is C8H17N3O3S. The standard InChI is InChI=1S/C8H17N3O3S/c9-3-6-15(13,14)10-7-8(12)11-4-1-2-5-11/h10H,1-7,9H2. The summed E-state index contributed by atoms with van der Waals surface area (Å²) < 4.78 is 24.6. The van der Waals surface area contributed by atoms with Gasteiger partial charge in [0.1, 0.15) is 0 Å². The van der Waals surface area contributed by atoms with E-state index in [2.05, 4.69) is 4.72 Å².